The van der Waals surface area contributed by atoms with Crippen LogP contribution in [0.2, 0.25) is 0 Å². The molecule has 0 aliphatic carbocycles. The molecule has 0 radical (unpaired) electrons. The summed E-state index contributed by atoms with van der Waals surface area (Å²) in [5, 5.41) is 4.03. The molecule has 1 saturated heterocycles. The number of piperazine rings is 1. The van der Waals surface area contributed by atoms with Gasteiger partial charge in [-0.2, -0.15) is 0 Å². The Kier molecular flexibility index (Phi) is 5.71. The summed E-state index contributed by atoms with van der Waals surface area (Å²) in [5.74, 6) is 1.91. The number of ether oxygens (including phenoxy) is 1. The van der Waals surface area contributed by atoms with Gasteiger partial charge in [-0.3, -0.25) is 9.69 Å². The average Bonchev–Trinajstić information content (AvgIpc) is 3.05. The predicted octanol–water partition coefficient (Wildman–Crippen LogP) is 2.27. The van der Waals surface area contributed by atoms with E-state index in [1.54, 1.807) is 7.11 Å². The van der Waals surface area contributed by atoms with Gasteiger partial charge in [-0.1, -0.05) is 17.3 Å². The molecule has 3 rings (SSSR count). The molecule has 1 aliphatic heterocycles. The maximum atomic E-state index is 12.4. The van der Waals surface area contributed by atoms with Crippen LogP contribution in [0.1, 0.15) is 23.4 Å². The van der Waals surface area contributed by atoms with E-state index in [1.165, 1.54) is 0 Å². The zero-order chi connectivity index (χ0) is 17.6. The monoisotopic (exact) mass is 343 g/mol. The number of benzene rings is 1. The Hall–Kier alpha value is -2.34. The summed E-state index contributed by atoms with van der Waals surface area (Å²) in [6.07, 6.45) is 1.32. The number of carbonyl (C=O) groups excluding carboxylic acids is 1. The number of aryl methyl sites for hydroxylation is 2. The predicted molar refractivity (Wildman–Crippen MR) is 94.4 cm³/mol. The van der Waals surface area contributed by atoms with Crippen molar-refractivity contribution >= 4 is 5.91 Å². The van der Waals surface area contributed by atoms with Gasteiger partial charge in [0.05, 0.1) is 12.8 Å². The fourth-order valence-corrected chi connectivity index (χ4v) is 3.08. The van der Waals surface area contributed by atoms with E-state index in [0.717, 1.165) is 61.9 Å². The molecular formula is C19H25N3O3. The third kappa shape index (κ3) is 4.82. The minimum absolute atomic E-state index is 0.229. The molecule has 1 aromatic heterocycles. The molecule has 1 fully saturated rings. The van der Waals surface area contributed by atoms with Gasteiger partial charge in [0.1, 0.15) is 11.5 Å². The van der Waals surface area contributed by atoms with Crippen molar-refractivity contribution in [3.63, 3.8) is 0 Å². The molecule has 134 valence electrons. The van der Waals surface area contributed by atoms with Crippen molar-refractivity contribution in [1.82, 2.24) is 15.0 Å². The van der Waals surface area contributed by atoms with Gasteiger partial charge in [-0.25, -0.2) is 0 Å². The highest BCUT2D eigenvalue weighted by atomic mass is 16.5. The van der Waals surface area contributed by atoms with Gasteiger partial charge in [0, 0.05) is 45.2 Å². The van der Waals surface area contributed by atoms with E-state index in [4.69, 9.17) is 9.26 Å². The minimum Gasteiger partial charge on any atom is -0.497 e. The second-order valence-corrected chi connectivity index (χ2v) is 6.43. The molecular weight excluding hydrogens is 318 g/mol. The Morgan fingerprint density at radius 3 is 2.52 bits per heavy atom. The molecule has 1 aromatic carbocycles. The summed E-state index contributed by atoms with van der Waals surface area (Å²) in [7, 11) is 1.65. The Morgan fingerprint density at radius 2 is 1.92 bits per heavy atom. The van der Waals surface area contributed by atoms with Crippen molar-refractivity contribution < 1.29 is 14.1 Å². The zero-order valence-electron chi connectivity index (χ0n) is 14.9. The number of carbonyl (C=O) groups is 1. The van der Waals surface area contributed by atoms with Crippen molar-refractivity contribution in [3.05, 3.63) is 47.3 Å². The number of nitrogens with zero attached hydrogens (tertiary/aromatic N) is 3. The van der Waals surface area contributed by atoms with Crippen LogP contribution >= 0.6 is 0 Å². The molecule has 1 amide bonds. The van der Waals surface area contributed by atoms with Crippen LogP contribution in [-0.4, -0.2) is 54.2 Å². The van der Waals surface area contributed by atoms with Crippen molar-refractivity contribution in [2.75, 3.05) is 33.3 Å². The molecule has 0 N–H and O–H groups in total. The number of rotatable bonds is 6. The first-order chi connectivity index (χ1) is 12.1. The molecule has 0 spiro atoms. The zero-order valence-corrected chi connectivity index (χ0v) is 14.9. The summed E-state index contributed by atoms with van der Waals surface area (Å²) in [6.45, 7) is 5.98. The van der Waals surface area contributed by atoms with Crippen LogP contribution in [0.3, 0.4) is 0 Å². The van der Waals surface area contributed by atoms with E-state index >= 15 is 0 Å². The number of methoxy groups -OCH3 is 1. The van der Waals surface area contributed by atoms with Gasteiger partial charge in [0.25, 0.3) is 0 Å². The van der Waals surface area contributed by atoms with Crippen LogP contribution in [-0.2, 0) is 17.8 Å². The van der Waals surface area contributed by atoms with Crippen LogP contribution in [0.5, 0.6) is 5.75 Å². The Balaban J connectivity index is 1.41. The average molecular weight is 343 g/mol. The highest BCUT2D eigenvalue weighted by Crippen LogP contribution is 2.14. The largest absolute Gasteiger partial charge is 0.497 e. The molecule has 0 saturated carbocycles. The third-order valence-corrected chi connectivity index (χ3v) is 4.57. The van der Waals surface area contributed by atoms with Crippen LogP contribution in [0.15, 0.2) is 34.9 Å². The van der Waals surface area contributed by atoms with Crippen LogP contribution in [0.4, 0.5) is 0 Å². The standard InChI is InChI=1S/C19H25N3O3/c1-15-13-17(20-25-15)14-21-9-11-22(12-10-21)19(23)8-5-16-3-6-18(24-2)7-4-16/h3-4,6-7,13H,5,8-12,14H2,1-2H3. The summed E-state index contributed by atoms with van der Waals surface area (Å²) < 4.78 is 10.3. The topological polar surface area (TPSA) is 58.8 Å². The van der Waals surface area contributed by atoms with E-state index in [1.807, 2.05) is 42.2 Å². The molecule has 25 heavy (non-hydrogen) atoms. The normalized spacial score (nSPS) is 15.4. The Bertz CT molecular complexity index is 688. The van der Waals surface area contributed by atoms with Gasteiger partial charge >= 0.3 is 0 Å². The fraction of sp³-hybridized carbons (Fsp3) is 0.474. The van der Waals surface area contributed by atoms with Gasteiger partial charge in [0.15, 0.2) is 0 Å². The molecule has 6 nitrogen and oxygen atoms in total. The fourth-order valence-electron chi connectivity index (χ4n) is 3.08. The molecule has 2 heterocycles. The first-order valence-electron chi connectivity index (χ1n) is 8.69. The number of hydrogen-bond acceptors (Lipinski definition) is 5. The summed E-state index contributed by atoms with van der Waals surface area (Å²) in [6, 6.07) is 9.87. The van der Waals surface area contributed by atoms with Gasteiger partial charge in [0.2, 0.25) is 5.91 Å². The van der Waals surface area contributed by atoms with Crippen molar-refractivity contribution in [3.8, 4) is 5.75 Å². The quantitative estimate of drug-likeness (QED) is 0.805. The first-order valence-corrected chi connectivity index (χ1v) is 8.69. The van der Waals surface area contributed by atoms with Crippen LogP contribution < -0.4 is 4.74 Å². The lowest BCUT2D eigenvalue weighted by atomic mass is 10.1. The summed E-state index contributed by atoms with van der Waals surface area (Å²) in [4.78, 5) is 16.7. The number of aromatic nitrogens is 1. The molecule has 6 heteroatoms. The highest BCUT2D eigenvalue weighted by Gasteiger charge is 2.21. The maximum absolute atomic E-state index is 12.4. The molecule has 0 bridgehead atoms. The van der Waals surface area contributed by atoms with E-state index in [2.05, 4.69) is 10.1 Å². The van der Waals surface area contributed by atoms with Gasteiger partial charge in [-0.15, -0.1) is 0 Å². The number of amides is 1. The van der Waals surface area contributed by atoms with Gasteiger partial charge < -0.3 is 14.2 Å². The van der Waals surface area contributed by atoms with Crippen molar-refractivity contribution in [1.29, 1.82) is 0 Å². The molecule has 2 aromatic rings. The summed E-state index contributed by atoms with van der Waals surface area (Å²) >= 11 is 0. The van der Waals surface area contributed by atoms with Crippen molar-refractivity contribution in [2.24, 2.45) is 0 Å². The smallest absolute Gasteiger partial charge is 0.222 e. The van der Waals surface area contributed by atoms with E-state index in [-0.39, 0.29) is 5.91 Å². The summed E-state index contributed by atoms with van der Waals surface area (Å²) in [5.41, 5.74) is 2.12. The SMILES string of the molecule is COc1ccc(CCC(=O)N2CCN(Cc3cc(C)on3)CC2)cc1. The first kappa shape index (κ1) is 17.5. The van der Waals surface area contributed by atoms with Gasteiger partial charge in [-0.05, 0) is 31.0 Å². The maximum Gasteiger partial charge on any atom is 0.222 e. The lowest BCUT2D eigenvalue weighted by molar-refractivity contribution is -0.133. The van der Waals surface area contributed by atoms with Crippen molar-refractivity contribution in [2.45, 2.75) is 26.3 Å². The lowest BCUT2D eigenvalue weighted by Crippen LogP contribution is -2.48. The molecule has 0 atom stereocenters. The van der Waals surface area contributed by atoms with E-state index < -0.39 is 0 Å². The number of hydrogen-bond donors (Lipinski definition) is 0. The molecule has 0 unspecified atom stereocenters. The Labute approximate surface area is 148 Å². The van der Waals surface area contributed by atoms with Crippen LogP contribution in [0, 0.1) is 6.92 Å². The van der Waals surface area contributed by atoms with E-state index in [0.29, 0.717) is 6.42 Å². The highest BCUT2D eigenvalue weighted by molar-refractivity contribution is 5.76. The minimum atomic E-state index is 0.229. The molecule has 1 aliphatic rings. The second-order valence-electron chi connectivity index (χ2n) is 6.43. The second kappa shape index (κ2) is 8.16. The van der Waals surface area contributed by atoms with E-state index in [9.17, 15) is 4.79 Å². The Morgan fingerprint density at radius 1 is 1.20 bits per heavy atom. The lowest BCUT2D eigenvalue weighted by Gasteiger charge is -2.34. The third-order valence-electron chi connectivity index (χ3n) is 4.57. The van der Waals surface area contributed by atoms with Crippen LogP contribution in [0.25, 0.3) is 0 Å².